The highest BCUT2D eigenvalue weighted by molar-refractivity contribution is 6.09. The topological polar surface area (TPSA) is 65.8 Å². The number of fused-ring (bicyclic) bond motifs is 3. The lowest BCUT2D eigenvalue weighted by Crippen LogP contribution is -2.24. The fourth-order valence-electron chi connectivity index (χ4n) is 2.77. The van der Waals surface area contributed by atoms with Crippen LogP contribution in [0.25, 0.3) is 21.8 Å². The molecular formula is C15H18N4O. The smallest absolute Gasteiger partial charge is 0.260 e. The Morgan fingerprint density at radius 1 is 1.25 bits per heavy atom. The summed E-state index contributed by atoms with van der Waals surface area (Å²) >= 11 is 0. The Labute approximate surface area is 116 Å². The van der Waals surface area contributed by atoms with E-state index in [1.165, 1.54) is 0 Å². The Hall–Kier alpha value is -2.30. The molecule has 1 aromatic carbocycles. The minimum atomic E-state index is 0.0183. The monoisotopic (exact) mass is 270 g/mol. The second-order valence-electron chi connectivity index (χ2n) is 5.56. The van der Waals surface area contributed by atoms with Crippen LogP contribution in [0.2, 0.25) is 0 Å². The summed E-state index contributed by atoms with van der Waals surface area (Å²) < 4.78 is 3.48. The van der Waals surface area contributed by atoms with Crippen molar-refractivity contribution in [1.29, 1.82) is 0 Å². The molecule has 0 saturated carbocycles. The molecule has 0 atom stereocenters. The van der Waals surface area contributed by atoms with Gasteiger partial charge in [0.15, 0.2) is 5.82 Å². The van der Waals surface area contributed by atoms with Crippen LogP contribution in [0.5, 0.6) is 0 Å². The molecule has 5 nitrogen and oxygen atoms in total. The largest absolute Gasteiger partial charge is 0.382 e. The first kappa shape index (κ1) is 12.7. The third-order valence-corrected chi connectivity index (χ3v) is 3.52. The van der Waals surface area contributed by atoms with E-state index >= 15 is 0 Å². The lowest BCUT2D eigenvalue weighted by Gasteiger charge is -2.13. The first-order chi connectivity index (χ1) is 9.50. The van der Waals surface area contributed by atoms with Gasteiger partial charge in [0.25, 0.3) is 5.56 Å². The average molecular weight is 270 g/mol. The van der Waals surface area contributed by atoms with Crippen LogP contribution in [-0.4, -0.2) is 14.3 Å². The quantitative estimate of drug-likeness (QED) is 0.775. The standard InChI is InChI=1S/C15H18N4O/c1-9(2)8-19-14-12(13(16)17-18(14)3)10-6-4-5-7-11(10)15(19)20/h4-7,9H,8H2,1-3H3,(H2,16,17). The lowest BCUT2D eigenvalue weighted by molar-refractivity contribution is 0.517. The molecule has 3 aromatic rings. The average Bonchev–Trinajstić information content (AvgIpc) is 2.69. The Morgan fingerprint density at radius 2 is 1.90 bits per heavy atom. The number of anilines is 1. The van der Waals surface area contributed by atoms with E-state index in [9.17, 15) is 4.79 Å². The van der Waals surface area contributed by atoms with Crippen molar-refractivity contribution < 1.29 is 0 Å². The summed E-state index contributed by atoms with van der Waals surface area (Å²) in [4.78, 5) is 12.7. The minimum Gasteiger partial charge on any atom is -0.382 e. The summed E-state index contributed by atoms with van der Waals surface area (Å²) in [5.41, 5.74) is 6.86. The second-order valence-corrected chi connectivity index (χ2v) is 5.56. The summed E-state index contributed by atoms with van der Waals surface area (Å²) in [6.07, 6.45) is 0. The number of pyridine rings is 1. The van der Waals surface area contributed by atoms with Gasteiger partial charge in [-0.25, -0.2) is 4.68 Å². The molecule has 0 fully saturated rings. The highest BCUT2D eigenvalue weighted by atomic mass is 16.1. The molecule has 5 heteroatoms. The van der Waals surface area contributed by atoms with E-state index in [4.69, 9.17) is 5.73 Å². The molecule has 0 spiro atoms. The van der Waals surface area contributed by atoms with Crippen LogP contribution in [-0.2, 0) is 13.6 Å². The summed E-state index contributed by atoms with van der Waals surface area (Å²) in [6.45, 7) is 4.83. The van der Waals surface area contributed by atoms with Crippen LogP contribution in [0.1, 0.15) is 13.8 Å². The number of nitrogen functional groups attached to an aromatic ring is 1. The number of nitrogens with zero attached hydrogens (tertiary/aromatic N) is 3. The number of hydrogen-bond acceptors (Lipinski definition) is 3. The number of hydrogen-bond donors (Lipinski definition) is 1. The fraction of sp³-hybridized carbons (Fsp3) is 0.333. The molecule has 0 amide bonds. The zero-order valence-electron chi connectivity index (χ0n) is 11.9. The highest BCUT2D eigenvalue weighted by Gasteiger charge is 2.17. The van der Waals surface area contributed by atoms with Gasteiger partial charge in [0, 0.05) is 24.4 Å². The number of aryl methyl sites for hydroxylation is 1. The van der Waals surface area contributed by atoms with Crippen LogP contribution in [0.15, 0.2) is 29.1 Å². The molecule has 0 unspecified atom stereocenters. The molecule has 0 saturated heterocycles. The van der Waals surface area contributed by atoms with Crippen molar-refractivity contribution in [2.75, 3.05) is 5.73 Å². The Morgan fingerprint density at radius 3 is 2.55 bits per heavy atom. The first-order valence-electron chi connectivity index (χ1n) is 6.74. The summed E-state index contributed by atoms with van der Waals surface area (Å²) in [6, 6.07) is 7.57. The van der Waals surface area contributed by atoms with Crippen molar-refractivity contribution in [3.8, 4) is 0 Å². The summed E-state index contributed by atoms with van der Waals surface area (Å²) in [5.74, 6) is 0.837. The van der Waals surface area contributed by atoms with Gasteiger partial charge in [-0.15, -0.1) is 0 Å². The van der Waals surface area contributed by atoms with Gasteiger partial charge in [0.05, 0.1) is 5.39 Å². The minimum absolute atomic E-state index is 0.0183. The molecule has 0 radical (unpaired) electrons. The Kier molecular flexibility index (Phi) is 2.78. The lowest BCUT2D eigenvalue weighted by atomic mass is 10.1. The van der Waals surface area contributed by atoms with E-state index in [2.05, 4.69) is 18.9 Å². The van der Waals surface area contributed by atoms with E-state index in [0.717, 1.165) is 16.4 Å². The second kappa shape index (κ2) is 4.37. The van der Waals surface area contributed by atoms with Crippen molar-refractivity contribution in [1.82, 2.24) is 14.3 Å². The predicted molar refractivity (Wildman–Crippen MR) is 81.7 cm³/mol. The predicted octanol–water partition coefficient (Wildman–Crippen LogP) is 2.13. The molecule has 2 aromatic heterocycles. The molecule has 0 aliphatic carbocycles. The van der Waals surface area contributed by atoms with E-state index in [-0.39, 0.29) is 5.56 Å². The molecule has 20 heavy (non-hydrogen) atoms. The van der Waals surface area contributed by atoms with E-state index in [1.54, 1.807) is 9.25 Å². The van der Waals surface area contributed by atoms with Gasteiger partial charge in [-0.05, 0) is 12.0 Å². The van der Waals surface area contributed by atoms with E-state index in [0.29, 0.717) is 23.7 Å². The molecule has 2 N–H and O–H groups in total. The number of nitrogens with two attached hydrogens (primary N) is 1. The van der Waals surface area contributed by atoms with Gasteiger partial charge in [0.2, 0.25) is 0 Å². The maximum Gasteiger partial charge on any atom is 0.260 e. The van der Waals surface area contributed by atoms with Crippen LogP contribution >= 0.6 is 0 Å². The molecule has 104 valence electrons. The van der Waals surface area contributed by atoms with Gasteiger partial charge in [-0.2, -0.15) is 5.10 Å². The highest BCUT2D eigenvalue weighted by Crippen LogP contribution is 2.27. The molecule has 3 rings (SSSR count). The SMILES string of the molecule is CC(C)Cn1c(=O)c2ccccc2c2c(N)nn(C)c21. The third-order valence-electron chi connectivity index (χ3n) is 3.52. The fourth-order valence-corrected chi connectivity index (χ4v) is 2.77. The molecule has 2 heterocycles. The van der Waals surface area contributed by atoms with Crippen molar-refractivity contribution in [2.45, 2.75) is 20.4 Å². The zero-order valence-corrected chi connectivity index (χ0v) is 11.9. The normalized spacial score (nSPS) is 11.8. The number of benzene rings is 1. The Balaban J connectivity index is 2.58. The van der Waals surface area contributed by atoms with Crippen molar-refractivity contribution >= 4 is 27.6 Å². The van der Waals surface area contributed by atoms with Crippen LogP contribution in [0.4, 0.5) is 5.82 Å². The van der Waals surface area contributed by atoms with Gasteiger partial charge in [-0.1, -0.05) is 32.0 Å². The van der Waals surface area contributed by atoms with Crippen LogP contribution in [0.3, 0.4) is 0 Å². The summed E-state index contributed by atoms with van der Waals surface area (Å²) in [7, 11) is 1.82. The molecule has 0 aliphatic rings. The van der Waals surface area contributed by atoms with Crippen molar-refractivity contribution in [3.63, 3.8) is 0 Å². The number of rotatable bonds is 2. The molecule has 0 aliphatic heterocycles. The van der Waals surface area contributed by atoms with Gasteiger partial charge >= 0.3 is 0 Å². The van der Waals surface area contributed by atoms with E-state index < -0.39 is 0 Å². The van der Waals surface area contributed by atoms with Gasteiger partial charge < -0.3 is 5.73 Å². The Bertz CT molecular complexity index is 858. The van der Waals surface area contributed by atoms with Crippen molar-refractivity contribution in [2.24, 2.45) is 13.0 Å². The molecular weight excluding hydrogens is 252 g/mol. The van der Waals surface area contributed by atoms with Gasteiger partial charge in [-0.3, -0.25) is 9.36 Å². The summed E-state index contributed by atoms with van der Waals surface area (Å²) in [5, 5.41) is 6.72. The number of aromatic nitrogens is 3. The first-order valence-corrected chi connectivity index (χ1v) is 6.74. The third kappa shape index (κ3) is 1.70. The maximum atomic E-state index is 12.7. The van der Waals surface area contributed by atoms with Gasteiger partial charge in [0.1, 0.15) is 5.65 Å². The van der Waals surface area contributed by atoms with E-state index in [1.807, 2.05) is 31.3 Å². The van der Waals surface area contributed by atoms with Crippen molar-refractivity contribution in [3.05, 3.63) is 34.6 Å². The zero-order chi connectivity index (χ0) is 14.4. The van der Waals surface area contributed by atoms with Crippen LogP contribution < -0.4 is 11.3 Å². The van der Waals surface area contributed by atoms with Crippen LogP contribution in [0, 0.1) is 5.92 Å². The maximum absolute atomic E-state index is 12.7. The molecule has 0 bridgehead atoms.